The van der Waals surface area contributed by atoms with E-state index in [4.69, 9.17) is 18.6 Å². The third-order valence-corrected chi connectivity index (χ3v) is 12.8. The fourth-order valence-corrected chi connectivity index (χ4v) is 5.95. The molecule has 47 heavy (non-hydrogen) atoms. The molecule has 1 N–H and O–H groups in total. The number of amides is 1. The third kappa shape index (κ3) is 8.24. The number of carbonyl (C=O) groups excluding carboxylic acids is 1. The van der Waals surface area contributed by atoms with Crippen LogP contribution in [0.5, 0.6) is 5.88 Å². The van der Waals surface area contributed by atoms with Gasteiger partial charge in [0.2, 0.25) is 11.8 Å². The molecule has 4 rings (SSSR count). The predicted octanol–water partition coefficient (Wildman–Crippen LogP) is 7.35. The molecule has 3 heterocycles. The first-order valence-corrected chi connectivity index (χ1v) is 18.4. The van der Waals surface area contributed by atoms with E-state index in [0.717, 1.165) is 11.8 Å². The molecule has 1 amide bonds. The number of fused-ring (bicyclic) bond motifs is 1. The maximum Gasteiger partial charge on any atom is 0.414 e. The summed E-state index contributed by atoms with van der Waals surface area (Å²) >= 11 is 0. The predicted molar refractivity (Wildman–Crippen MR) is 181 cm³/mol. The van der Waals surface area contributed by atoms with Gasteiger partial charge in [-0.1, -0.05) is 27.7 Å². The molecule has 0 radical (unpaired) electrons. The molecule has 0 unspecified atom stereocenters. The molecule has 0 bridgehead atoms. The van der Waals surface area contributed by atoms with Gasteiger partial charge in [0.1, 0.15) is 29.8 Å². The number of nitrogens with one attached hydrogen (secondary N) is 1. The average molecular weight is 665 g/mol. The number of benzene rings is 1. The van der Waals surface area contributed by atoms with E-state index in [1.54, 1.807) is 30.3 Å². The zero-order valence-electron chi connectivity index (χ0n) is 28.9. The summed E-state index contributed by atoms with van der Waals surface area (Å²) in [6.07, 6.45) is 2.10. The number of anilines is 3. The van der Waals surface area contributed by atoms with E-state index in [9.17, 15) is 14.4 Å². The summed E-state index contributed by atoms with van der Waals surface area (Å²) < 4.78 is 37.3. The van der Waals surface area contributed by atoms with Crippen LogP contribution in [0.25, 0.3) is 11.3 Å². The van der Waals surface area contributed by atoms with Gasteiger partial charge in [0.05, 0.1) is 29.7 Å². The van der Waals surface area contributed by atoms with Crippen molar-refractivity contribution in [2.75, 3.05) is 43.7 Å². The van der Waals surface area contributed by atoms with Crippen molar-refractivity contribution in [2.45, 2.75) is 77.6 Å². The quantitative estimate of drug-likeness (QED) is 0.173. The monoisotopic (exact) mass is 664 g/mol. The SMILES string of the molecule is COCCOc1ncc(F)cc1Nc1nccc(-c2cc(C#N)c3c(c2)[C@@](C)(CO[Si](C)(C)C(C)(C)C)CN3C(=O)OC(C)(C)C)n1. The first-order valence-electron chi connectivity index (χ1n) is 15.5. The smallest absolute Gasteiger partial charge is 0.414 e. The molecule has 0 spiro atoms. The highest BCUT2D eigenvalue weighted by atomic mass is 28.4. The van der Waals surface area contributed by atoms with E-state index < -0.39 is 31.2 Å². The zero-order valence-corrected chi connectivity index (χ0v) is 29.9. The Bertz CT molecular complexity index is 1670. The number of methoxy groups -OCH3 is 1. The van der Waals surface area contributed by atoms with Crippen LogP contribution < -0.4 is 15.0 Å². The van der Waals surface area contributed by atoms with Crippen molar-refractivity contribution in [3.05, 3.63) is 53.6 Å². The Hall–Kier alpha value is -4.12. The van der Waals surface area contributed by atoms with Crippen molar-refractivity contribution >= 4 is 31.7 Å². The first kappa shape index (κ1) is 35.7. The van der Waals surface area contributed by atoms with Gasteiger partial charge in [0.25, 0.3) is 0 Å². The van der Waals surface area contributed by atoms with Gasteiger partial charge in [-0.2, -0.15) is 5.26 Å². The van der Waals surface area contributed by atoms with E-state index in [-0.39, 0.29) is 35.7 Å². The fourth-order valence-electron chi connectivity index (χ4n) is 4.84. The number of carbonyl (C=O) groups is 1. The number of pyridine rings is 1. The van der Waals surface area contributed by atoms with Crippen LogP contribution in [0.1, 0.15) is 59.6 Å². The molecule has 1 atom stereocenters. The van der Waals surface area contributed by atoms with E-state index in [1.807, 2.05) is 33.8 Å². The Kier molecular flexibility index (Phi) is 10.3. The number of aromatic nitrogens is 3. The van der Waals surface area contributed by atoms with Gasteiger partial charge in [-0.3, -0.25) is 4.90 Å². The summed E-state index contributed by atoms with van der Waals surface area (Å²) in [5.41, 5.74) is 1.61. The molecule has 11 nitrogen and oxygen atoms in total. The van der Waals surface area contributed by atoms with Crippen molar-refractivity contribution < 1.29 is 27.8 Å². The topological polar surface area (TPSA) is 132 Å². The highest BCUT2D eigenvalue weighted by Crippen LogP contribution is 2.47. The molecule has 0 aliphatic carbocycles. The second kappa shape index (κ2) is 13.5. The number of ether oxygens (including phenoxy) is 3. The van der Waals surface area contributed by atoms with E-state index >= 15 is 0 Å². The number of rotatable bonds is 10. The molecule has 0 saturated heterocycles. The molecule has 1 aromatic carbocycles. The Morgan fingerprint density at radius 1 is 1.15 bits per heavy atom. The lowest BCUT2D eigenvalue weighted by Gasteiger charge is -2.39. The minimum absolute atomic E-state index is 0.0223. The number of halogens is 1. The van der Waals surface area contributed by atoms with E-state index in [2.05, 4.69) is 60.2 Å². The number of nitrogens with zero attached hydrogens (tertiary/aromatic N) is 5. The zero-order chi connectivity index (χ0) is 34.8. The normalized spacial score (nSPS) is 16.4. The Morgan fingerprint density at radius 2 is 1.87 bits per heavy atom. The van der Waals surface area contributed by atoms with Crippen LogP contribution in [-0.4, -0.2) is 68.4 Å². The van der Waals surface area contributed by atoms with Crippen LogP contribution in [-0.2, 0) is 19.3 Å². The van der Waals surface area contributed by atoms with E-state index in [0.29, 0.717) is 35.7 Å². The summed E-state index contributed by atoms with van der Waals surface area (Å²) in [6, 6.07) is 8.91. The summed E-state index contributed by atoms with van der Waals surface area (Å²) in [6.45, 7) is 19.6. The maximum absolute atomic E-state index is 14.1. The van der Waals surface area contributed by atoms with Crippen LogP contribution in [0.2, 0.25) is 18.1 Å². The minimum Gasteiger partial charge on any atom is -0.474 e. The van der Waals surface area contributed by atoms with Crippen LogP contribution in [0, 0.1) is 17.1 Å². The standard InChI is InChI=1S/C34H45FN6O5Si/c1-32(2,3)46-31(42)41-20-34(7,21-45-47(9,10)33(4,5)6)25-16-22(15-23(18-36)28(25)41)26-11-12-37-30(39-26)40-27-17-24(35)19-38-29(27)44-14-13-43-8/h11-12,15-17,19H,13-14,20-21H2,1-10H3,(H,37,39,40)/t34-/m1/s1. The summed E-state index contributed by atoms with van der Waals surface area (Å²) in [4.78, 5) is 28.1. The van der Waals surface area contributed by atoms with Gasteiger partial charge in [0, 0.05) is 43.5 Å². The lowest BCUT2D eigenvalue weighted by Crippen LogP contribution is -2.46. The lowest BCUT2D eigenvalue weighted by molar-refractivity contribution is 0.0575. The van der Waals surface area contributed by atoms with Gasteiger partial charge < -0.3 is 24.0 Å². The van der Waals surface area contributed by atoms with Gasteiger partial charge in [-0.05, 0) is 62.7 Å². The van der Waals surface area contributed by atoms with Crippen molar-refractivity contribution in [3.63, 3.8) is 0 Å². The van der Waals surface area contributed by atoms with Crippen LogP contribution in [0.4, 0.5) is 26.5 Å². The fraction of sp³-hybridized carbons (Fsp3) is 0.500. The molecule has 0 fully saturated rings. The highest BCUT2D eigenvalue weighted by molar-refractivity contribution is 6.74. The lowest BCUT2D eigenvalue weighted by atomic mass is 9.83. The Morgan fingerprint density at radius 3 is 2.51 bits per heavy atom. The second-order valence-corrected chi connectivity index (χ2v) is 19.3. The van der Waals surface area contributed by atoms with Crippen LogP contribution >= 0.6 is 0 Å². The van der Waals surface area contributed by atoms with E-state index in [1.165, 1.54) is 6.07 Å². The van der Waals surface area contributed by atoms with Gasteiger partial charge in [-0.25, -0.2) is 24.1 Å². The molecule has 1 aliphatic heterocycles. The van der Waals surface area contributed by atoms with Gasteiger partial charge in [-0.15, -0.1) is 0 Å². The third-order valence-electron chi connectivity index (χ3n) is 8.37. The number of hydrogen-bond donors (Lipinski definition) is 1. The molecular formula is C34H45FN6O5Si. The number of nitriles is 1. The first-order chi connectivity index (χ1) is 21.9. The van der Waals surface area contributed by atoms with Gasteiger partial charge in [0.15, 0.2) is 8.32 Å². The van der Waals surface area contributed by atoms with Crippen molar-refractivity contribution in [1.29, 1.82) is 5.26 Å². The minimum atomic E-state index is -2.17. The molecule has 13 heteroatoms. The molecule has 3 aromatic rings. The summed E-state index contributed by atoms with van der Waals surface area (Å²) in [7, 11) is -0.618. The van der Waals surface area contributed by atoms with Crippen molar-refractivity contribution in [3.8, 4) is 23.2 Å². The van der Waals surface area contributed by atoms with Crippen LogP contribution in [0.3, 0.4) is 0 Å². The Balaban J connectivity index is 1.77. The molecule has 0 saturated carbocycles. The van der Waals surface area contributed by atoms with Gasteiger partial charge >= 0.3 is 6.09 Å². The highest BCUT2D eigenvalue weighted by Gasteiger charge is 2.47. The summed E-state index contributed by atoms with van der Waals surface area (Å²) in [5, 5.41) is 13.4. The molecular weight excluding hydrogens is 619 g/mol. The molecule has 1 aliphatic rings. The molecule has 2 aromatic heterocycles. The average Bonchev–Trinajstić information content (AvgIpc) is 3.28. The second-order valence-electron chi connectivity index (χ2n) is 14.4. The number of hydrogen-bond acceptors (Lipinski definition) is 10. The molecule has 252 valence electrons. The van der Waals surface area contributed by atoms with Crippen molar-refractivity contribution in [2.24, 2.45) is 0 Å². The van der Waals surface area contributed by atoms with Crippen molar-refractivity contribution in [1.82, 2.24) is 15.0 Å². The maximum atomic E-state index is 14.1. The van der Waals surface area contributed by atoms with Crippen LogP contribution in [0.15, 0.2) is 36.7 Å². The largest absolute Gasteiger partial charge is 0.474 e. The summed E-state index contributed by atoms with van der Waals surface area (Å²) in [5.74, 6) is -0.222. The Labute approximate surface area is 277 Å².